The molecule has 1 aliphatic heterocycles. The van der Waals surface area contributed by atoms with Gasteiger partial charge in [0.1, 0.15) is 11.5 Å². The molecule has 2 aromatic heterocycles. The minimum Gasteiger partial charge on any atom is -0.328 e. The first-order valence-electron chi connectivity index (χ1n) is 10.0. The van der Waals surface area contributed by atoms with Gasteiger partial charge in [-0.25, -0.2) is 4.39 Å². The van der Waals surface area contributed by atoms with Crippen LogP contribution < -0.4 is 0 Å². The molecular weight excluding hydrogens is 377 g/mol. The van der Waals surface area contributed by atoms with Crippen molar-refractivity contribution in [3.63, 3.8) is 0 Å². The Morgan fingerprint density at radius 3 is 2.57 bits per heavy atom. The molecule has 5 rings (SSSR count). The Morgan fingerprint density at radius 2 is 1.77 bits per heavy atom. The molecule has 150 valence electrons. The molecule has 4 nitrogen and oxygen atoms in total. The third kappa shape index (κ3) is 3.66. The molecule has 1 amide bonds. The summed E-state index contributed by atoms with van der Waals surface area (Å²) in [5.41, 5.74) is 3.57. The van der Waals surface area contributed by atoms with Gasteiger partial charge in [-0.3, -0.25) is 14.8 Å². The summed E-state index contributed by atoms with van der Waals surface area (Å²) in [5, 5.41) is 2.11. The molecule has 5 heteroatoms. The van der Waals surface area contributed by atoms with Gasteiger partial charge in [-0.15, -0.1) is 0 Å². The van der Waals surface area contributed by atoms with Crippen LogP contribution in [0, 0.1) is 5.82 Å². The van der Waals surface area contributed by atoms with Crippen LogP contribution in [0.15, 0.2) is 73.2 Å². The van der Waals surface area contributed by atoms with E-state index in [2.05, 4.69) is 9.97 Å². The molecule has 0 spiro atoms. The van der Waals surface area contributed by atoms with Gasteiger partial charge < -0.3 is 4.90 Å². The Morgan fingerprint density at radius 1 is 0.967 bits per heavy atom. The lowest BCUT2D eigenvalue weighted by Crippen LogP contribution is -2.24. The summed E-state index contributed by atoms with van der Waals surface area (Å²) in [5.74, 6) is -0.471. The van der Waals surface area contributed by atoms with Crippen LogP contribution in [0.4, 0.5) is 4.39 Å². The van der Waals surface area contributed by atoms with Crippen LogP contribution >= 0.6 is 0 Å². The van der Waals surface area contributed by atoms with Gasteiger partial charge in [-0.1, -0.05) is 44.2 Å². The lowest BCUT2D eigenvalue weighted by atomic mass is 10.0. The van der Waals surface area contributed by atoms with E-state index in [1.165, 1.54) is 6.07 Å². The summed E-state index contributed by atoms with van der Waals surface area (Å²) < 4.78 is 14.8. The Balaban J connectivity index is 0.00000106. The summed E-state index contributed by atoms with van der Waals surface area (Å²) in [7, 11) is 0. The number of aromatic nitrogens is 2. The number of hydrogen-bond acceptors (Lipinski definition) is 3. The first-order chi connectivity index (χ1) is 14.7. The van der Waals surface area contributed by atoms with E-state index in [-0.39, 0.29) is 18.3 Å². The van der Waals surface area contributed by atoms with Gasteiger partial charge in [0.15, 0.2) is 0 Å². The van der Waals surface area contributed by atoms with Gasteiger partial charge in [0.2, 0.25) is 0 Å². The van der Waals surface area contributed by atoms with Crippen molar-refractivity contribution in [3.05, 3.63) is 95.8 Å². The zero-order valence-corrected chi connectivity index (χ0v) is 17.0. The lowest BCUT2D eigenvalue weighted by molar-refractivity contribution is 0.0761. The van der Waals surface area contributed by atoms with E-state index in [0.717, 1.165) is 27.5 Å². The molecule has 4 aromatic rings. The average molecular weight is 399 g/mol. The van der Waals surface area contributed by atoms with Gasteiger partial charge in [-0.05, 0) is 40.8 Å². The maximum Gasteiger partial charge on any atom is 0.273 e. The standard InChI is InChI=1S/C23H16FN3O.C2H6/c24-21-11-17(16-4-3-15-7-9-25-12-20(15)10-16)5-6-18(21)13-27-14-19-2-1-8-26-22(19)23(27)28;1-2/h1-12H,13-14H2;1-2H3. The number of fused-ring (bicyclic) bond motifs is 2. The topological polar surface area (TPSA) is 46.1 Å². The fraction of sp³-hybridized carbons (Fsp3) is 0.160. The zero-order valence-electron chi connectivity index (χ0n) is 17.0. The largest absolute Gasteiger partial charge is 0.328 e. The molecule has 1 aliphatic rings. The van der Waals surface area contributed by atoms with Crippen molar-refractivity contribution in [2.24, 2.45) is 0 Å². The maximum atomic E-state index is 14.8. The van der Waals surface area contributed by atoms with Crippen LogP contribution in [-0.2, 0) is 13.1 Å². The number of carbonyl (C=O) groups is 1. The second-order valence-electron chi connectivity index (χ2n) is 6.92. The Kier molecular flexibility index (Phi) is 5.53. The van der Waals surface area contributed by atoms with Crippen LogP contribution in [0.1, 0.15) is 35.5 Å². The highest BCUT2D eigenvalue weighted by molar-refractivity contribution is 5.96. The molecular formula is C25H22FN3O. The number of pyridine rings is 2. The van der Waals surface area contributed by atoms with E-state index in [9.17, 15) is 9.18 Å². The predicted molar refractivity (Wildman–Crippen MR) is 116 cm³/mol. The van der Waals surface area contributed by atoms with Crippen LogP contribution in [0.2, 0.25) is 0 Å². The highest BCUT2D eigenvalue weighted by Gasteiger charge is 2.28. The summed E-state index contributed by atoms with van der Waals surface area (Å²) >= 11 is 0. The summed E-state index contributed by atoms with van der Waals surface area (Å²) in [6.45, 7) is 4.68. The van der Waals surface area contributed by atoms with E-state index in [1.807, 2.05) is 56.3 Å². The Labute approximate surface area is 175 Å². The van der Waals surface area contributed by atoms with E-state index >= 15 is 0 Å². The first kappa shape index (κ1) is 19.7. The molecule has 0 saturated heterocycles. The van der Waals surface area contributed by atoms with E-state index in [4.69, 9.17) is 0 Å². The highest BCUT2D eigenvalue weighted by atomic mass is 19.1. The van der Waals surface area contributed by atoms with Gasteiger partial charge in [0.05, 0.1) is 0 Å². The number of hydrogen-bond donors (Lipinski definition) is 0. The van der Waals surface area contributed by atoms with Crippen molar-refractivity contribution in [1.82, 2.24) is 14.9 Å². The van der Waals surface area contributed by atoms with Crippen molar-refractivity contribution in [1.29, 1.82) is 0 Å². The van der Waals surface area contributed by atoms with Crippen molar-refractivity contribution in [2.75, 3.05) is 0 Å². The molecule has 2 aromatic carbocycles. The van der Waals surface area contributed by atoms with E-state index in [0.29, 0.717) is 17.8 Å². The van der Waals surface area contributed by atoms with Crippen LogP contribution in [0.5, 0.6) is 0 Å². The lowest BCUT2D eigenvalue weighted by Gasteiger charge is -2.16. The first-order valence-corrected chi connectivity index (χ1v) is 10.0. The normalized spacial score (nSPS) is 12.5. The fourth-order valence-electron chi connectivity index (χ4n) is 3.64. The van der Waals surface area contributed by atoms with Gasteiger partial charge >= 0.3 is 0 Å². The molecule has 0 bridgehead atoms. The van der Waals surface area contributed by atoms with E-state index < -0.39 is 0 Å². The number of benzene rings is 2. The van der Waals surface area contributed by atoms with Gasteiger partial charge in [-0.2, -0.15) is 0 Å². The van der Waals surface area contributed by atoms with Crippen LogP contribution in [0.3, 0.4) is 0 Å². The van der Waals surface area contributed by atoms with Crippen molar-refractivity contribution >= 4 is 16.7 Å². The second-order valence-corrected chi connectivity index (χ2v) is 6.92. The third-order valence-electron chi connectivity index (χ3n) is 5.13. The molecule has 0 fully saturated rings. The summed E-state index contributed by atoms with van der Waals surface area (Å²) in [6.07, 6.45) is 5.16. The maximum absolute atomic E-state index is 14.8. The minimum absolute atomic E-state index is 0.152. The minimum atomic E-state index is -0.319. The van der Waals surface area contributed by atoms with Crippen LogP contribution in [0.25, 0.3) is 21.9 Å². The molecule has 0 radical (unpaired) electrons. The molecule has 30 heavy (non-hydrogen) atoms. The quantitative estimate of drug-likeness (QED) is 0.449. The number of nitrogens with zero attached hydrogens (tertiary/aromatic N) is 3. The Bertz CT molecular complexity index is 1220. The smallest absolute Gasteiger partial charge is 0.273 e. The highest BCUT2D eigenvalue weighted by Crippen LogP contribution is 2.28. The zero-order chi connectivity index (χ0) is 21.1. The number of carbonyl (C=O) groups excluding carboxylic acids is 1. The molecule has 0 aliphatic carbocycles. The number of amides is 1. The third-order valence-corrected chi connectivity index (χ3v) is 5.13. The van der Waals surface area contributed by atoms with Crippen molar-refractivity contribution in [3.8, 4) is 11.1 Å². The van der Waals surface area contributed by atoms with Gasteiger partial charge in [0, 0.05) is 48.2 Å². The molecule has 0 unspecified atom stereocenters. The summed E-state index contributed by atoms with van der Waals surface area (Å²) in [6, 6.07) is 16.8. The average Bonchev–Trinajstić information content (AvgIpc) is 3.11. The Hall–Kier alpha value is -3.60. The fourth-order valence-corrected chi connectivity index (χ4v) is 3.64. The van der Waals surface area contributed by atoms with Crippen LogP contribution in [-0.4, -0.2) is 20.8 Å². The molecule has 3 heterocycles. The number of halogens is 1. The van der Waals surface area contributed by atoms with Gasteiger partial charge in [0.25, 0.3) is 5.91 Å². The molecule has 0 N–H and O–H groups in total. The summed E-state index contributed by atoms with van der Waals surface area (Å²) in [4.78, 5) is 22.4. The second kappa shape index (κ2) is 8.41. The molecule has 0 saturated carbocycles. The van der Waals surface area contributed by atoms with E-state index in [1.54, 1.807) is 29.6 Å². The van der Waals surface area contributed by atoms with Crippen molar-refractivity contribution < 1.29 is 9.18 Å². The SMILES string of the molecule is CC.O=C1c2ncccc2CN1Cc1ccc(-c2ccc3ccncc3c2)cc1F. The molecule has 0 atom stereocenters. The van der Waals surface area contributed by atoms with Crippen molar-refractivity contribution in [2.45, 2.75) is 26.9 Å². The monoisotopic (exact) mass is 399 g/mol. The predicted octanol–water partition coefficient (Wildman–Crippen LogP) is 5.62. The number of rotatable bonds is 3.